The SMILES string of the molecule is CC(C)[Si](C#Cc1c(CCN)ccc2ccccc12)(C(C)C)C(C)C.Cl. The van der Waals surface area contributed by atoms with Crippen LogP contribution in [0.15, 0.2) is 36.4 Å². The van der Waals surface area contributed by atoms with E-state index in [1.165, 1.54) is 21.9 Å². The Balaban J connectivity index is 0.00000338. The van der Waals surface area contributed by atoms with Gasteiger partial charge in [0.25, 0.3) is 0 Å². The standard InChI is InChI=1S/C23H33NSi.ClH/c1-17(2)25(18(3)4,19(5)6)16-14-23-21(13-15-24)12-11-20-9-7-8-10-22(20)23;/h7-12,17-19H,13,15,24H2,1-6H3;1H. The Bertz CT molecular complexity index is 762. The van der Waals surface area contributed by atoms with E-state index in [4.69, 9.17) is 5.73 Å². The molecular weight excluding hydrogens is 354 g/mol. The van der Waals surface area contributed by atoms with Crippen LogP contribution >= 0.6 is 12.4 Å². The fourth-order valence-electron chi connectivity index (χ4n) is 4.43. The van der Waals surface area contributed by atoms with Crippen LogP contribution in [0.25, 0.3) is 10.8 Å². The van der Waals surface area contributed by atoms with Crippen molar-refractivity contribution in [3.05, 3.63) is 47.5 Å². The number of hydrogen-bond acceptors (Lipinski definition) is 1. The van der Waals surface area contributed by atoms with Crippen molar-refractivity contribution in [2.75, 3.05) is 6.54 Å². The van der Waals surface area contributed by atoms with E-state index in [0.717, 1.165) is 6.42 Å². The van der Waals surface area contributed by atoms with Crippen molar-refractivity contribution in [2.45, 2.75) is 64.6 Å². The van der Waals surface area contributed by atoms with Crippen molar-refractivity contribution in [3.63, 3.8) is 0 Å². The van der Waals surface area contributed by atoms with E-state index in [2.05, 4.69) is 89.4 Å². The lowest BCUT2D eigenvalue weighted by Gasteiger charge is -2.38. The van der Waals surface area contributed by atoms with E-state index < -0.39 is 8.07 Å². The highest BCUT2D eigenvalue weighted by atomic mass is 35.5. The number of halogens is 1. The Morgan fingerprint density at radius 2 is 1.46 bits per heavy atom. The molecule has 0 amide bonds. The highest BCUT2D eigenvalue weighted by molar-refractivity contribution is 6.90. The van der Waals surface area contributed by atoms with Crippen LogP contribution in [0.1, 0.15) is 52.7 Å². The van der Waals surface area contributed by atoms with Crippen molar-refractivity contribution in [3.8, 4) is 11.5 Å². The molecule has 2 aromatic carbocycles. The molecule has 0 aliphatic carbocycles. The first-order valence-electron chi connectivity index (χ1n) is 9.58. The van der Waals surface area contributed by atoms with Gasteiger partial charge >= 0.3 is 0 Å². The third kappa shape index (κ3) is 4.34. The highest BCUT2D eigenvalue weighted by Gasteiger charge is 2.41. The second-order valence-corrected chi connectivity index (χ2v) is 13.6. The van der Waals surface area contributed by atoms with Gasteiger partial charge in [-0.3, -0.25) is 0 Å². The van der Waals surface area contributed by atoms with Gasteiger partial charge in [-0.2, -0.15) is 0 Å². The van der Waals surface area contributed by atoms with Crippen LogP contribution in [-0.2, 0) is 6.42 Å². The fourth-order valence-corrected chi connectivity index (χ4v) is 9.64. The number of rotatable bonds is 5. The van der Waals surface area contributed by atoms with Crippen molar-refractivity contribution < 1.29 is 0 Å². The van der Waals surface area contributed by atoms with Crippen LogP contribution in [0.3, 0.4) is 0 Å². The molecule has 0 unspecified atom stereocenters. The molecule has 1 nitrogen and oxygen atoms in total. The van der Waals surface area contributed by atoms with Gasteiger partial charge in [-0.1, -0.05) is 83.9 Å². The molecule has 3 heteroatoms. The second-order valence-electron chi connectivity index (χ2n) is 8.01. The van der Waals surface area contributed by atoms with E-state index >= 15 is 0 Å². The summed E-state index contributed by atoms with van der Waals surface area (Å²) in [6, 6.07) is 13.0. The number of nitrogens with two attached hydrogens (primary N) is 1. The normalized spacial score (nSPS) is 11.6. The number of hydrogen-bond donors (Lipinski definition) is 1. The summed E-state index contributed by atoms with van der Waals surface area (Å²) in [4.78, 5) is 0. The Hall–Kier alpha value is -1.27. The average Bonchev–Trinajstić information content (AvgIpc) is 2.56. The van der Waals surface area contributed by atoms with Crippen molar-refractivity contribution in [1.82, 2.24) is 0 Å². The van der Waals surface area contributed by atoms with Gasteiger partial charge in [-0.25, -0.2) is 0 Å². The molecule has 0 fully saturated rings. The van der Waals surface area contributed by atoms with Crippen LogP contribution in [0.4, 0.5) is 0 Å². The molecule has 26 heavy (non-hydrogen) atoms. The quantitative estimate of drug-likeness (QED) is 0.470. The van der Waals surface area contributed by atoms with Gasteiger partial charge in [0.05, 0.1) is 0 Å². The van der Waals surface area contributed by atoms with Gasteiger partial charge in [-0.05, 0) is 45.9 Å². The van der Waals surface area contributed by atoms with E-state index in [0.29, 0.717) is 23.2 Å². The van der Waals surface area contributed by atoms with Gasteiger partial charge in [0.1, 0.15) is 8.07 Å². The van der Waals surface area contributed by atoms with Gasteiger partial charge in [0.2, 0.25) is 0 Å². The summed E-state index contributed by atoms with van der Waals surface area (Å²) < 4.78 is 0. The topological polar surface area (TPSA) is 26.0 Å². The van der Waals surface area contributed by atoms with Crippen molar-refractivity contribution >= 4 is 31.3 Å². The van der Waals surface area contributed by atoms with Gasteiger partial charge in [-0.15, -0.1) is 18.0 Å². The number of benzene rings is 2. The Kier molecular flexibility index (Phi) is 8.41. The molecule has 142 valence electrons. The van der Waals surface area contributed by atoms with E-state index in [-0.39, 0.29) is 12.4 Å². The molecule has 0 aliphatic heterocycles. The molecule has 2 N–H and O–H groups in total. The van der Waals surface area contributed by atoms with Gasteiger partial charge < -0.3 is 5.73 Å². The summed E-state index contributed by atoms with van der Waals surface area (Å²) in [7, 11) is -1.74. The maximum absolute atomic E-state index is 5.86. The Morgan fingerprint density at radius 1 is 0.885 bits per heavy atom. The molecule has 0 aromatic heterocycles. The minimum Gasteiger partial charge on any atom is -0.330 e. The van der Waals surface area contributed by atoms with E-state index in [1.807, 2.05) is 0 Å². The summed E-state index contributed by atoms with van der Waals surface area (Å²) in [5.74, 6) is 3.68. The largest absolute Gasteiger partial charge is 0.330 e. The summed E-state index contributed by atoms with van der Waals surface area (Å²) in [6.07, 6.45) is 0.883. The summed E-state index contributed by atoms with van der Waals surface area (Å²) in [6.45, 7) is 14.9. The molecule has 2 aromatic rings. The third-order valence-electron chi connectivity index (χ3n) is 5.70. The predicted molar refractivity (Wildman–Crippen MR) is 122 cm³/mol. The monoisotopic (exact) mass is 387 g/mol. The third-order valence-corrected chi connectivity index (χ3v) is 12.0. The maximum Gasteiger partial charge on any atom is 0.146 e. The fraction of sp³-hybridized carbons (Fsp3) is 0.478. The first kappa shape index (κ1) is 22.8. The number of fused-ring (bicyclic) bond motifs is 1. The molecule has 0 saturated heterocycles. The lowest BCUT2D eigenvalue weighted by molar-refractivity contribution is 0.838. The summed E-state index contributed by atoms with van der Waals surface area (Å²) in [5.41, 5.74) is 14.2. The lowest BCUT2D eigenvalue weighted by Crippen LogP contribution is -2.43. The first-order chi connectivity index (χ1) is 11.8. The predicted octanol–water partition coefficient (Wildman–Crippen LogP) is 6.33. The first-order valence-corrected chi connectivity index (χ1v) is 11.8. The molecule has 0 atom stereocenters. The van der Waals surface area contributed by atoms with E-state index in [1.54, 1.807) is 0 Å². The second kappa shape index (κ2) is 9.60. The van der Waals surface area contributed by atoms with E-state index in [9.17, 15) is 0 Å². The molecule has 0 aliphatic rings. The van der Waals surface area contributed by atoms with Gasteiger partial charge in [0.15, 0.2) is 0 Å². The molecular formula is C23H34ClNSi. The lowest BCUT2D eigenvalue weighted by atomic mass is 9.97. The minimum absolute atomic E-state index is 0. The highest BCUT2D eigenvalue weighted by Crippen LogP contribution is 2.41. The molecule has 0 radical (unpaired) electrons. The van der Waals surface area contributed by atoms with Crippen LogP contribution in [0, 0.1) is 11.5 Å². The van der Waals surface area contributed by atoms with Crippen molar-refractivity contribution in [1.29, 1.82) is 0 Å². The summed E-state index contributed by atoms with van der Waals surface area (Å²) >= 11 is 0. The zero-order valence-corrected chi connectivity index (χ0v) is 18.9. The van der Waals surface area contributed by atoms with Crippen LogP contribution in [0.2, 0.25) is 16.6 Å². The van der Waals surface area contributed by atoms with Crippen LogP contribution < -0.4 is 5.73 Å². The smallest absolute Gasteiger partial charge is 0.146 e. The Labute approximate surface area is 167 Å². The molecule has 0 heterocycles. The Morgan fingerprint density at radius 3 is 2.00 bits per heavy atom. The van der Waals surface area contributed by atoms with Gasteiger partial charge in [0, 0.05) is 5.56 Å². The minimum atomic E-state index is -1.74. The van der Waals surface area contributed by atoms with Crippen LogP contribution in [-0.4, -0.2) is 14.6 Å². The van der Waals surface area contributed by atoms with Crippen LogP contribution in [0.5, 0.6) is 0 Å². The average molecular weight is 388 g/mol. The molecule has 2 rings (SSSR count). The molecule has 0 saturated carbocycles. The zero-order valence-electron chi connectivity index (χ0n) is 17.1. The van der Waals surface area contributed by atoms with Crippen molar-refractivity contribution in [2.24, 2.45) is 5.73 Å². The summed E-state index contributed by atoms with van der Waals surface area (Å²) in [5, 5.41) is 2.53. The molecule has 0 bridgehead atoms. The zero-order chi connectivity index (χ0) is 18.6. The maximum atomic E-state index is 5.86. The molecule has 0 spiro atoms.